The summed E-state index contributed by atoms with van der Waals surface area (Å²) in [4.78, 5) is 4.85. The van der Waals surface area contributed by atoms with Crippen LogP contribution in [0.2, 0.25) is 0 Å². The average Bonchev–Trinajstić information content (AvgIpc) is 3.18. The summed E-state index contributed by atoms with van der Waals surface area (Å²) in [7, 11) is 1.93. The second kappa shape index (κ2) is 6.54. The molecule has 3 heterocycles. The number of rotatable bonds is 4. The first-order chi connectivity index (χ1) is 11.7. The van der Waals surface area contributed by atoms with Crippen molar-refractivity contribution in [1.29, 1.82) is 0 Å². The Morgan fingerprint density at radius 1 is 1.08 bits per heavy atom. The molecule has 0 spiro atoms. The molecule has 8 heteroatoms. The summed E-state index contributed by atoms with van der Waals surface area (Å²) in [5.74, 6) is 1.70. The summed E-state index contributed by atoms with van der Waals surface area (Å²) in [6.45, 7) is 6.13. The van der Waals surface area contributed by atoms with Gasteiger partial charge in [0.1, 0.15) is 6.33 Å². The van der Waals surface area contributed by atoms with Gasteiger partial charge in [-0.1, -0.05) is 6.07 Å². The minimum absolute atomic E-state index is 0.327. The standard InChI is InChI=1S/C16H21N5O2S/c1-18-10-17-21(16(18)24)11-20-6-4-19(5-7-20)9-13-2-3-14-15(8-13)23-12-22-14/h2-3,8,10H,4-7,9,11-12H2,1H3. The molecule has 0 amide bonds. The van der Waals surface area contributed by atoms with E-state index in [1.165, 1.54) is 5.56 Å². The summed E-state index contributed by atoms with van der Waals surface area (Å²) in [6.07, 6.45) is 1.76. The maximum atomic E-state index is 5.45. The van der Waals surface area contributed by atoms with Crippen molar-refractivity contribution in [2.24, 2.45) is 7.05 Å². The van der Waals surface area contributed by atoms with Crippen LogP contribution in [0, 0.1) is 4.77 Å². The van der Waals surface area contributed by atoms with E-state index in [0.29, 0.717) is 6.79 Å². The number of ether oxygens (including phenoxy) is 2. The van der Waals surface area contributed by atoms with E-state index in [-0.39, 0.29) is 0 Å². The van der Waals surface area contributed by atoms with E-state index in [0.717, 1.165) is 55.7 Å². The fourth-order valence-electron chi connectivity index (χ4n) is 3.09. The number of piperazine rings is 1. The maximum absolute atomic E-state index is 5.45. The van der Waals surface area contributed by atoms with Gasteiger partial charge < -0.3 is 14.0 Å². The molecule has 1 aromatic heterocycles. The first kappa shape index (κ1) is 15.6. The molecule has 0 aliphatic carbocycles. The molecule has 1 aromatic carbocycles. The number of hydrogen-bond acceptors (Lipinski definition) is 6. The predicted octanol–water partition coefficient (Wildman–Crippen LogP) is 1.46. The van der Waals surface area contributed by atoms with Gasteiger partial charge >= 0.3 is 0 Å². The topological polar surface area (TPSA) is 47.7 Å². The summed E-state index contributed by atoms with van der Waals surface area (Å²) >= 11 is 5.35. The van der Waals surface area contributed by atoms with Crippen molar-refractivity contribution in [3.05, 3.63) is 34.9 Å². The van der Waals surface area contributed by atoms with Crippen molar-refractivity contribution in [1.82, 2.24) is 24.1 Å². The average molecular weight is 347 g/mol. The minimum atomic E-state index is 0.327. The Bertz CT molecular complexity index is 779. The molecule has 4 rings (SSSR count). The highest BCUT2D eigenvalue weighted by atomic mass is 32.1. The summed E-state index contributed by atoms with van der Waals surface area (Å²) in [6, 6.07) is 6.20. The normalized spacial score (nSPS) is 18.2. The lowest BCUT2D eigenvalue weighted by molar-refractivity contribution is 0.0980. The lowest BCUT2D eigenvalue weighted by atomic mass is 10.1. The quantitative estimate of drug-likeness (QED) is 0.781. The van der Waals surface area contributed by atoms with E-state index in [9.17, 15) is 0 Å². The van der Waals surface area contributed by atoms with Crippen LogP contribution in [-0.2, 0) is 20.3 Å². The third-order valence-electron chi connectivity index (χ3n) is 4.53. The van der Waals surface area contributed by atoms with Gasteiger partial charge in [0.25, 0.3) is 0 Å². The molecule has 2 aliphatic rings. The van der Waals surface area contributed by atoms with Crippen LogP contribution in [0.15, 0.2) is 24.5 Å². The Balaban J connectivity index is 1.31. The molecular weight excluding hydrogens is 326 g/mol. The van der Waals surface area contributed by atoms with Gasteiger partial charge in [0, 0.05) is 39.8 Å². The monoisotopic (exact) mass is 347 g/mol. The van der Waals surface area contributed by atoms with Crippen LogP contribution in [-0.4, -0.2) is 57.1 Å². The first-order valence-corrected chi connectivity index (χ1v) is 8.51. The zero-order valence-corrected chi connectivity index (χ0v) is 14.5. The van der Waals surface area contributed by atoms with Crippen molar-refractivity contribution in [2.45, 2.75) is 13.2 Å². The highest BCUT2D eigenvalue weighted by Gasteiger charge is 2.19. The Kier molecular flexibility index (Phi) is 4.26. The number of fused-ring (bicyclic) bond motifs is 1. The molecule has 1 fully saturated rings. The maximum Gasteiger partial charge on any atom is 0.231 e. The van der Waals surface area contributed by atoms with Crippen LogP contribution < -0.4 is 9.47 Å². The van der Waals surface area contributed by atoms with Crippen molar-refractivity contribution in [3.63, 3.8) is 0 Å². The second-order valence-electron chi connectivity index (χ2n) is 6.25. The number of aromatic nitrogens is 3. The number of nitrogens with zero attached hydrogens (tertiary/aromatic N) is 5. The molecular formula is C16H21N5O2S. The molecule has 0 atom stereocenters. The van der Waals surface area contributed by atoms with E-state index in [1.54, 1.807) is 6.33 Å². The molecule has 1 saturated heterocycles. The van der Waals surface area contributed by atoms with Crippen LogP contribution in [0.3, 0.4) is 0 Å². The highest BCUT2D eigenvalue weighted by Crippen LogP contribution is 2.32. The molecule has 0 unspecified atom stereocenters. The van der Waals surface area contributed by atoms with Gasteiger partial charge in [-0.25, -0.2) is 4.68 Å². The summed E-state index contributed by atoms with van der Waals surface area (Å²) < 4.78 is 15.3. The van der Waals surface area contributed by atoms with Gasteiger partial charge in [0.2, 0.25) is 6.79 Å². The number of hydrogen-bond donors (Lipinski definition) is 0. The molecule has 0 N–H and O–H groups in total. The second-order valence-corrected chi connectivity index (χ2v) is 6.61. The fourth-order valence-corrected chi connectivity index (χ4v) is 3.25. The van der Waals surface area contributed by atoms with Gasteiger partial charge in [0.15, 0.2) is 16.3 Å². The largest absolute Gasteiger partial charge is 0.454 e. The smallest absolute Gasteiger partial charge is 0.231 e. The summed E-state index contributed by atoms with van der Waals surface area (Å²) in [5, 5.41) is 4.32. The predicted molar refractivity (Wildman–Crippen MR) is 91.4 cm³/mol. The van der Waals surface area contributed by atoms with Crippen molar-refractivity contribution in [2.75, 3.05) is 33.0 Å². The van der Waals surface area contributed by atoms with Crippen molar-refractivity contribution in [3.8, 4) is 11.5 Å². The molecule has 0 radical (unpaired) electrons. The zero-order valence-electron chi connectivity index (χ0n) is 13.7. The van der Waals surface area contributed by atoms with Crippen LogP contribution in [0.5, 0.6) is 11.5 Å². The van der Waals surface area contributed by atoms with E-state index in [2.05, 4.69) is 27.0 Å². The highest BCUT2D eigenvalue weighted by molar-refractivity contribution is 7.71. The van der Waals surface area contributed by atoms with E-state index in [4.69, 9.17) is 21.7 Å². The molecule has 2 aromatic rings. The van der Waals surface area contributed by atoms with Gasteiger partial charge in [0.05, 0.1) is 6.67 Å². The fraction of sp³-hybridized carbons (Fsp3) is 0.500. The molecule has 0 bridgehead atoms. The Labute approximate surface area is 146 Å². The third kappa shape index (κ3) is 3.17. The van der Waals surface area contributed by atoms with Crippen molar-refractivity contribution < 1.29 is 9.47 Å². The van der Waals surface area contributed by atoms with E-state index in [1.807, 2.05) is 22.4 Å². The lowest BCUT2D eigenvalue weighted by Crippen LogP contribution is -2.46. The molecule has 2 aliphatic heterocycles. The summed E-state index contributed by atoms with van der Waals surface area (Å²) in [5.41, 5.74) is 1.26. The molecule has 0 saturated carbocycles. The molecule has 24 heavy (non-hydrogen) atoms. The van der Waals surface area contributed by atoms with Crippen LogP contribution in [0.1, 0.15) is 5.56 Å². The number of benzene rings is 1. The Morgan fingerprint density at radius 3 is 2.58 bits per heavy atom. The molecule has 7 nitrogen and oxygen atoms in total. The van der Waals surface area contributed by atoms with Crippen molar-refractivity contribution >= 4 is 12.2 Å². The number of aryl methyl sites for hydroxylation is 1. The van der Waals surface area contributed by atoms with Gasteiger partial charge in [-0.15, -0.1) is 0 Å². The Hall–Kier alpha value is -1.90. The minimum Gasteiger partial charge on any atom is -0.454 e. The Morgan fingerprint density at radius 2 is 1.83 bits per heavy atom. The molecule has 128 valence electrons. The SMILES string of the molecule is Cn1cnn(CN2CCN(Cc3ccc4c(c3)OCO4)CC2)c1=S. The zero-order chi connectivity index (χ0) is 16.5. The van der Waals surface area contributed by atoms with Crippen LogP contribution in [0.25, 0.3) is 0 Å². The van der Waals surface area contributed by atoms with E-state index >= 15 is 0 Å². The van der Waals surface area contributed by atoms with Crippen LogP contribution in [0.4, 0.5) is 0 Å². The van der Waals surface area contributed by atoms with Gasteiger partial charge in [-0.3, -0.25) is 9.80 Å². The lowest BCUT2D eigenvalue weighted by Gasteiger charge is -2.34. The first-order valence-electron chi connectivity index (χ1n) is 8.11. The van der Waals surface area contributed by atoms with E-state index < -0.39 is 0 Å². The van der Waals surface area contributed by atoms with Gasteiger partial charge in [-0.2, -0.15) is 5.10 Å². The van der Waals surface area contributed by atoms with Gasteiger partial charge in [-0.05, 0) is 29.9 Å². The van der Waals surface area contributed by atoms with Crippen LogP contribution >= 0.6 is 12.2 Å². The third-order valence-corrected chi connectivity index (χ3v) is 5.03.